The van der Waals surface area contributed by atoms with Gasteiger partial charge in [0.2, 0.25) is 5.91 Å². The van der Waals surface area contributed by atoms with Crippen molar-refractivity contribution in [3.05, 3.63) is 119 Å². The summed E-state index contributed by atoms with van der Waals surface area (Å²) in [5.41, 5.74) is 4.90. The molecule has 1 amide bonds. The summed E-state index contributed by atoms with van der Waals surface area (Å²) in [5, 5.41) is 23.5. The highest BCUT2D eigenvalue weighted by Gasteiger charge is 2.33. The standard InChI is InChI=1S/C36H40N2O6/c1-24(30-16-15-27-5-3-4-6-31(27)19-30)38(2)22-32-20-33(28-11-9-26(23-39)10-12-28)44-36(43-32)29-13-7-25(8-14-29)21-37-34(40)17-18-35(41)42/h3-16,19,24,32-33,36,39H,17-18,20-23H2,1-2H3,(H,37,40)(H,41,42). The second-order valence-corrected chi connectivity index (χ2v) is 11.5. The molecule has 0 aromatic heterocycles. The number of aliphatic carboxylic acids is 1. The van der Waals surface area contributed by atoms with Gasteiger partial charge in [0.05, 0.1) is 25.2 Å². The zero-order valence-electron chi connectivity index (χ0n) is 25.2. The third kappa shape index (κ3) is 8.09. The Kier molecular flexibility index (Phi) is 10.4. The summed E-state index contributed by atoms with van der Waals surface area (Å²) in [6, 6.07) is 30.8. The first-order valence-corrected chi connectivity index (χ1v) is 15.1. The maximum Gasteiger partial charge on any atom is 0.303 e. The SMILES string of the molecule is CC(c1ccc2ccccc2c1)N(C)CC1CC(c2ccc(CO)cc2)OC(c2ccc(CNC(=O)CCC(=O)O)cc2)O1. The Morgan fingerprint density at radius 3 is 2.27 bits per heavy atom. The van der Waals surface area contributed by atoms with Gasteiger partial charge < -0.3 is 25.0 Å². The highest BCUT2D eigenvalue weighted by atomic mass is 16.7. The van der Waals surface area contributed by atoms with Gasteiger partial charge >= 0.3 is 5.97 Å². The van der Waals surface area contributed by atoms with Crippen molar-refractivity contribution in [2.24, 2.45) is 0 Å². The van der Waals surface area contributed by atoms with Gasteiger partial charge in [0.15, 0.2) is 6.29 Å². The van der Waals surface area contributed by atoms with E-state index in [1.54, 1.807) is 0 Å². The molecule has 1 aliphatic heterocycles. The van der Waals surface area contributed by atoms with Crippen LogP contribution in [0.1, 0.15) is 72.4 Å². The molecule has 1 fully saturated rings. The largest absolute Gasteiger partial charge is 0.481 e. The van der Waals surface area contributed by atoms with Gasteiger partial charge in [0, 0.05) is 37.5 Å². The molecule has 5 rings (SSSR count). The molecule has 0 aliphatic carbocycles. The van der Waals surface area contributed by atoms with Gasteiger partial charge in [-0.15, -0.1) is 0 Å². The smallest absolute Gasteiger partial charge is 0.303 e. The van der Waals surface area contributed by atoms with Crippen molar-refractivity contribution in [2.45, 2.75) is 63.9 Å². The van der Waals surface area contributed by atoms with Crippen LogP contribution in [0.4, 0.5) is 0 Å². The monoisotopic (exact) mass is 596 g/mol. The molecular formula is C36H40N2O6. The zero-order valence-corrected chi connectivity index (χ0v) is 25.2. The summed E-state index contributed by atoms with van der Waals surface area (Å²) >= 11 is 0. The molecule has 4 aromatic rings. The molecule has 4 aromatic carbocycles. The zero-order chi connectivity index (χ0) is 31.1. The van der Waals surface area contributed by atoms with E-state index in [0.29, 0.717) is 19.5 Å². The summed E-state index contributed by atoms with van der Waals surface area (Å²) in [5.74, 6) is -1.29. The molecule has 0 radical (unpaired) electrons. The number of carbonyl (C=O) groups excluding carboxylic acids is 1. The fourth-order valence-corrected chi connectivity index (χ4v) is 5.54. The number of aliphatic hydroxyl groups excluding tert-OH is 1. The lowest BCUT2D eigenvalue weighted by molar-refractivity contribution is -0.253. The van der Waals surface area contributed by atoms with E-state index in [9.17, 15) is 14.7 Å². The van der Waals surface area contributed by atoms with Gasteiger partial charge in [-0.05, 0) is 53.1 Å². The third-order valence-electron chi connectivity index (χ3n) is 8.33. The second-order valence-electron chi connectivity index (χ2n) is 11.5. The van der Waals surface area contributed by atoms with E-state index in [0.717, 1.165) is 22.3 Å². The van der Waals surface area contributed by atoms with Crippen LogP contribution in [0, 0.1) is 0 Å². The normalized spacial score (nSPS) is 19.1. The lowest BCUT2D eigenvalue weighted by Crippen LogP contribution is -2.38. The van der Waals surface area contributed by atoms with Crippen LogP contribution in [0.15, 0.2) is 91.0 Å². The van der Waals surface area contributed by atoms with Gasteiger partial charge in [-0.25, -0.2) is 0 Å². The molecule has 0 saturated carbocycles. The fourth-order valence-electron chi connectivity index (χ4n) is 5.54. The predicted octanol–water partition coefficient (Wildman–Crippen LogP) is 6.05. The summed E-state index contributed by atoms with van der Waals surface area (Å²) in [6.45, 7) is 3.22. The van der Waals surface area contributed by atoms with Crippen LogP contribution in [0.3, 0.4) is 0 Å². The maximum absolute atomic E-state index is 11.9. The van der Waals surface area contributed by atoms with E-state index >= 15 is 0 Å². The minimum absolute atomic E-state index is 0.00994. The van der Waals surface area contributed by atoms with Crippen molar-refractivity contribution in [3.63, 3.8) is 0 Å². The number of rotatable bonds is 12. The molecule has 8 heteroatoms. The first kappa shape index (κ1) is 31.3. The molecule has 3 N–H and O–H groups in total. The minimum Gasteiger partial charge on any atom is -0.481 e. The molecule has 4 unspecified atom stereocenters. The Morgan fingerprint density at radius 1 is 0.886 bits per heavy atom. The number of hydrogen-bond donors (Lipinski definition) is 3. The van der Waals surface area contributed by atoms with E-state index in [2.05, 4.69) is 66.7 Å². The first-order valence-electron chi connectivity index (χ1n) is 15.1. The van der Waals surface area contributed by atoms with Gasteiger partial charge in [0.1, 0.15) is 0 Å². The molecule has 0 spiro atoms. The number of carboxylic acids is 1. The van der Waals surface area contributed by atoms with Gasteiger partial charge in [-0.3, -0.25) is 14.5 Å². The number of ether oxygens (including phenoxy) is 2. The second kappa shape index (κ2) is 14.6. The van der Waals surface area contributed by atoms with Crippen LogP contribution >= 0.6 is 0 Å². The Balaban J connectivity index is 1.29. The number of carboxylic acid groups (broad SMARTS) is 1. The van der Waals surface area contributed by atoms with E-state index < -0.39 is 12.3 Å². The molecule has 8 nitrogen and oxygen atoms in total. The molecule has 0 bridgehead atoms. The van der Waals surface area contributed by atoms with Gasteiger partial charge in [-0.1, -0.05) is 84.9 Å². The van der Waals surface area contributed by atoms with Crippen LogP contribution in [0.25, 0.3) is 10.8 Å². The highest BCUT2D eigenvalue weighted by molar-refractivity contribution is 5.83. The van der Waals surface area contributed by atoms with Crippen LogP contribution in [0.2, 0.25) is 0 Å². The van der Waals surface area contributed by atoms with Gasteiger partial charge in [-0.2, -0.15) is 0 Å². The highest BCUT2D eigenvalue weighted by Crippen LogP contribution is 2.38. The Bertz CT molecular complexity index is 1560. The van der Waals surface area contributed by atoms with Crippen molar-refractivity contribution < 1.29 is 29.3 Å². The van der Waals surface area contributed by atoms with Crippen LogP contribution in [0.5, 0.6) is 0 Å². The number of likely N-dealkylation sites (N-methyl/N-ethyl adjacent to an activating group) is 1. The van der Waals surface area contributed by atoms with Crippen molar-refractivity contribution in [2.75, 3.05) is 13.6 Å². The van der Waals surface area contributed by atoms with Crippen molar-refractivity contribution >= 4 is 22.6 Å². The molecule has 1 aliphatic rings. The van der Waals surface area contributed by atoms with Crippen LogP contribution in [-0.4, -0.2) is 46.7 Å². The van der Waals surface area contributed by atoms with Crippen molar-refractivity contribution in [3.8, 4) is 0 Å². The number of aliphatic hydroxyl groups is 1. The number of nitrogens with zero attached hydrogens (tertiary/aromatic N) is 1. The first-order chi connectivity index (χ1) is 21.3. The third-order valence-corrected chi connectivity index (χ3v) is 8.33. The average Bonchev–Trinajstić information content (AvgIpc) is 3.05. The molecular weight excluding hydrogens is 556 g/mol. The number of carbonyl (C=O) groups is 2. The van der Waals surface area contributed by atoms with Crippen LogP contribution in [-0.2, 0) is 32.2 Å². The minimum atomic E-state index is -0.993. The van der Waals surface area contributed by atoms with Gasteiger partial charge in [0.25, 0.3) is 0 Å². The molecule has 44 heavy (non-hydrogen) atoms. The topological polar surface area (TPSA) is 108 Å². The number of fused-ring (bicyclic) bond motifs is 1. The summed E-state index contributed by atoms with van der Waals surface area (Å²) in [4.78, 5) is 25.0. The number of amides is 1. The quantitative estimate of drug-likeness (QED) is 0.183. The van der Waals surface area contributed by atoms with Crippen molar-refractivity contribution in [1.29, 1.82) is 0 Å². The lowest BCUT2D eigenvalue weighted by Gasteiger charge is -2.39. The summed E-state index contributed by atoms with van der Waals surface area (Å²) < 4.78 is 13.1. The molecule has 4 atom stereocenters. The average molecular weight is 597 g/mol. The molecule has 1 heterocycles. The number of nitrogens with one attached hydrogen (secondary N) is 1. The molecule has 230 valence electrons. The van der Waals surface area contributed by atoms with E-state index in [1.807, 2.05) is 48.5 Å². The fraction of sp³-hybridized carbons (Fsp3) is 0.333. The van der Waals surface area contributed by atoms with E-state index in [1.165, 1.54) is 16.3 Å². The Labute approximate surface area is 258 Å². The predicted molar refractivity (Wildman–Crippen MR) is 169 cm³/mol. The number of benzene rings is 4. The summed E-state index contributed by atoms with van der Waals surface area (Å²) in [6.07, 6.45) is -0.430. The maximum atomic E-state index is 11.9. The van der Waals surface area contributed by atoms with Crippen LogP contribution < -0.4 is 5.32 Å². The van der Waals surface area contributed by atoms with Crippen molar-refractivity contribution in [1.82, 2.24) is 10.2 Å². The number of hydrogen-bond acceptors (Lipinski definition) is 6. The Morgan fingerprint density at radius 2 is 1.57 bits per heavy atom. The Hall–Kier alpha value is -4.08. The molecule has 1 saturated heterocycles. The summed E-state index contributed by atoms with van der Waals surface area (Å²) in [7, 11) is 2.12. The van der Waals surface area contributed by atoms with E-state index in [-0.39, 0.29) is 43.6 Å². The lowest BCUT2D eigenvalue weighted by atomic mass is 9.98. The van der Waals surface area contributed by atoms with E-state index in [4.69, 9.17) is 14.6 Å².